The lowest BCUT2D eigenvalue weighted by Gasteiger charge is -2.18. The summed E-state index contributed by atoms with van der Waals surface area (Å²) in [7, 11) is 0. The number of hydrazine groups is 1. The van der Waals surface area contributed by atoms with Crippen LogP contribution in [0.1, 0.15) is 11.7 Å². The summed E-state index contributed by atoms with van der Waals surface area (Å²) in [5, 5.41) is 0. The molecule has 0 bridgehead atoms. The van der Waals surface area contributed by atoms with E-state index in [-0.39, 0.29) is 0 Å². The van der Waals surface area contributed by atoms with Crippen LogP contribution in [-0.4, -0.2) is 5.91 Å². The smallest absolute Gasteiger partial charge is 0.279 e. The number of rotatable bonds is 4. The van der Waals surface area contributed by atoms with Crippen molar-refractivity contribution < 1.29 is 9.53 Å². The summed E-state index contributed by atoms with van der Waals surface area (Å²) >= 11 is 3.36. The first-order chi connectivity index (χ1) is 9.20. The van der Waals surface area contributed by atoms with E-state index in [1.165, 1.54) is 0 Å². The Balaban J connectivity index is 2.27. The van der Waals surface area contributed by atoms with Gasteiger partial charge in [0.25, 0.3) is 5.91 Å². The SMILES string of the molecule is NNC(=O)C(Oc1cccc(Br)c1)c1ccccc1. The van der Waals surface area contributed by atoms with Gasteiger partial charge in [-0.2, -0.15) is 0 Å². The van der Waals surface area contributed by atoms with Gasteiger partial charge in [0.05, 0.1) is 0 Å². The highest BCUT2D eigenvalue weighted by atomic mass is 79.9. The molecule has 5 heteroatoms. The molecular weight excluding hydrogens is 308 g/mol. The largest absolute Gasteiger partial charge is 0.476 e. The maximum atomic E-state index is 11.8. The van der Waals surface area contributed by atoms with Crippen LogP contribution in [0.5, 0.6) is 5.75 Å². The zero-order valence-corrected chi connectivity index (χ0v) is 11.6. The molecule has 0 aliphatic carbocycles. The van der Waals surface area contributed by atoms with Gasteiger partial charge in [0.15, 0.2) is 0 Å². The van der Waals surface area contributed by atoms with Gasteiger partial charge in [-0.1, -0.05) is 52.3 Å². The Labute approximate surface area is 119 Å². The molecule has 1 unspecified atom stereocenters. The van der Waals surface area contributed by atoms with E-state index in [2.05, 4.69) is 21.4 Å². The molecule has 0 fully saturated rings. The molecule has 0 saturated carbocycles. The van der Waals surface area contributed by atoms with Crippen LogP contribution >= 0.6 is 15.9 Å². The number of ether oxygens (including phenoxy) is 1. The maximum absolute atomic E-state index is 11.8. The molecule has 0 aromatic heterocycles. The molecule has 0 aliphatic heterocycles. The summed E-state index contributed by atoms with van der Waals surface area (Å²) < 4.78 is 6.59. The Hall–Kier alpha value is -1.85. The van der Waals surface area contributed by atoms with E-state index in [0.717, 1.165) is 10.0 Å². The lowest BCUT2D eigenvalue weighted by molar-refractivity contribution is -0.128. The molecule has 98 valence electrons. The number of carbonyl (C=O) groups is 1. The molecule has 0 spiro atoms. The van der Waals surface area contributed by atoms with E-state index < -0.39 is 12.0 Å². The van der Waals surface area contributed by atoms with Crippen molar-refractivity contribution in [3.05, 3.63) is 64.6 Å². The number of nitrogens with one attached hydrogen (secondary N) is 1. The van der Waals surface area contributed by atoms with Crippen LogP contribution in [0.25, 0.3) is 0 Å². The zero-order chi connectivity index (χ0) is 13.7. The minimum absolute atomic E-state index is 0.397. The van der Waals surface area contributed by atoms with Gasteiger partial charge in [-0.15, -0.1) is 0 Å². The molecule has 2 rings (SSSR count). The molecule has 2 aromatic carbocycles. The third-order valence-electron chi connectivity index (χ3n) is 2.53. The van der Waals surface area contributed by atoms with E-state index in [1.807, 2.05) is 42.5 Å². The summed E-state index contributed by atoms with van der Waals surface area (Å²) in [4.78, 5) is 11.8. The van der Waals surface area contributed by atoms with E-state index in [1.54, 1.807) is 12.1 Å². The fourth-order valence-electron chi connectivity index (χ4n) is 1.65. The summed E-state index contributed by atoms with van der Waals surface area (Å²) in [6, 6.07) is 16.5. The minimum atomic E-state index is -0.777. The van der Waals surface area contributed by atoms with Gasteiger partial charge >= 0.3 is 0 Å². The molecule has 4 nitrogen and oxygen atoms in total. The first-order valence-corrected chi connectivity index (χ1v) is 6.47. The van der Waals surface area contributed by atoms with Crippen LogP contribution in [0, 0.1) is 0 Å². The van der Waals surface area contributed by atoms with Crippen molar-refractivity contribution in [2.45, 2.75) is 6.10 Å². The second-order valence-corrected chi connectivity index (χ2v) is 4.79. The van der Waals surface area contributed by atoms with Gasteiger partial charge in [-0.3, -0.25) is 10.2 Å². The summed E-state index contributed by atoms with van der Waals surface area (Å²) in [5.74, 6) is 5.40. The fourth-order valence-corrected chi connectivity index (χ4v) is 2.03. The average Bonchev–Trinajstić information content (AvgIpc) is 2.45. The number of benzene rings is 2. The highest BCUT2D eigenvalue weighted by Gasteiger charge is 2.21. The monoisotopic (exact) mass is 320 g/mol. The maximum Gasteiger partial charge on any atom is 0.279 e. The number of halogens is 1. The van der Waals surface area contributed by atoms with Crippen LogP contribution < -0.4 is 16.0 Å². The van der Waals surface area contributed by atoms with Gasteiger partial charge in [-0.05, 0) is 18.2 Å². The quantitative estimate of drug-likeness (QED) is 0.517. The van der Waals surface area contributed by atoms with E-state index >= 15 is 0 Å². The molecule has 0 heterocycles. The third-order valence-corrected chi connectivity index (χ3v) is 3.03. The molecule has 2 aromatic rings. The van der Waals surface area contributed by atoms with Crippen molar-refractivity contribution in [1.29, 1.82) is 0 Å². The molecule has 0 aliphatic rings. The zero-order valence-electron chi connectivity index (χ0n) is 10.0. The molecule has 0 radical (unpaired) electrons. The highest BCUT2D eigenvalue weighted by molar-refractivity contribution is 9.10. The van der Waals surface area contributed by atoms with E-state index in [9.17, 15) is 4.79 Å². The molecule has 1 atom stereocenters. The number of carbonyl (C=O) groups excluding carboxylic acids is 1. The topological polar surface area (TPSA) is 64.3 Å². The van der Waals surface area contributed by atoms with Crippen LogP contribution in [0.3, 0.4) is 0 Å². The van der Waals surface area contributed by atoms with Crippen LogP contribution in [-0.2, 0) is 4.79 Å². The van der Waals surface area contributed by atoms with Gasteiger partial charge in [0.1, 0.15) is 5.75 Å². The molecule has 0 saturated heterocycles. The van der Waals surface area contributed by atoms with Gasteiger partial charge < -0.3 is 4.74 Å². The first kappa shape index (κ1) is 13.6. The third kappa shape index (κ3) is 3.56. The summed E-state index contributed by atoms with van der Waals surface area (Å²) in [6.07, 6.45) is -0.777. The van der Waals surface area contributed by atoms with Crippen molar-refractivity contribution >= 4 is 21.8 Å². The number of hydrogen-bond acceptors (Lipinski definition) is 3. The lowest BCUT2D eigenvalue weighted by atomic mass is 10.1. The normalized spacial score (nSPS) is 11.7. The standard InChI is InChI=1S/C14H13BrN2O2/c15-11-7-4-8-12(9-11)19-13(14(18)17-16)10-5-2-1-3-6-10/h1-9,13H,16H2,(H,17,18). The van der Waals surface area contributed by atoms with Gasteiger partial charge in [0.2, 0.25) is 6.10 Å². The van der Waals surface area contributed by atoms with Crippen molar-refractivity contribution in [3.8, 4) is 5.75 Å². The molecular formula is C14H13BrN2O2. The Morgan fingerprint density at radius 2 is 1.89 bits per heavy atom. The Kier molecular flexibility index (Phi) is 4.54. The van der Waals surface area contributed by atoms with Gasteiger partial charge in [-0.25, -0.2) is 5.84 Å². The minimum Gasteiger partial charge on any atom is -0.476 e. The van der Waals surface area contributed by atoms with Crippen molar-refractivity contribution in [2.75, 3.05) is 0 Å². The van der Waals surface area contributed by atoms with Crippen molar-refractivity contribution in [1.82, 2.24) is 5.43 Å². The van der Waals surface area contributed by atoms with Crippen molar-refractivity contribution in [3.63, 3.8) is 0 Å². The molecule has 19 heavy (non-hydrogen) atoms. The van der Waals surface area contributed by atoms with Crippen LogP contribution in [0.4, 0.5) is 0 Å². The van der Waals surface area contributed by atoms with Crippen LogP contribution in [0.15, 0.2) is 59.1 Å². The van der Waals surface area contributed by atoms with Crippen molar-refractivity contribution in [2.24, 2.45) is 5.84 Å². The predicted octanol–water partition coefficient (Wildman–Crippen LogP) is 2.56. The average molecular weight is 321 g/mol. The fraction of sp³-hybridized carbons (Fsp3) is 0.0714. The lowest BCUT2D eigenvalue weighted by Crippen LogP contribution is -2.37. The predicted molar refractivity (Wildman–Crippen MR) is 76.3 cm³/mol. The highest BCUT2D eigenvalue weighted by Crippen LogP contribution is 2.24. The number of amides is 1. The number of hydrogen-bond donors (Lipinski definition) is 2. The first-order valence-electron chi connectivity index (χ1n) is 5.68. The Morgan fingerprint density at radius 1 is 1.16 bits per heavy atom. The molecule has 3 N–H and O–H groups in total. The van der Waals surface area contributed by atoms with Crippen LogP contribution in [0.2, 0.25) is 0 Å². The second kappa shape index (κ2) is 6.36. The Morgan fingerprint density at radius 3 is 2.53 bits per heavy atom. The van der Waals surface area contributed by atoms with E-state index in [0.29, 0.717) is 5.75 Å². The molecule has 1 amide bonds. The van der Waals surface area contributed by atoms with Gasteiger partial charge in [0, 0.05) is 10.0 Å². The summed E-state index contributed by atoms with van der Waals surface area (Å²) in [6.45, 7) is 0. The van der Waals surface area contributed by atoms with E-state index in [4.69, 9.17) is 10.6 Å². The summed E-state index contributed by atoms with van der Waals surface area (Å²) in [5.41, 5.74) is 2.86. The Bertz CT molecular complexity index is 560. The number of nitrogens with two attached hydrogens (primary N) is 1. The second-order valence-electron chi connectivity index (χ2n) is 3.87.